The Morgan fingerprint density at radius 2 is 2.15 bits per heavy atom. The lowest BCUT2D eigenvalue weighted by atomic mass is 10.2. The summed E-state index contributed by atoms with van der Waals surface area (Å²) in [6, 6.07) is 6.98. The number of methoxy groups -OCH3 is 1. The molecule has 2 amide bonds. The fraction of sp³-hybridized carbons (Fsp3) is 0.474. The molecule has 0 bridgehead atoms. The number of amides is 2. The van der Waals surface area contributed by atoms with Crippen molar-refractivity contribution in [3.8, 4) is 5.75 Å². The molecule has 0 aliphatic carbocycles. The van der Waals surface area contributed by atoms with Crippen LogP contribution >= 0.6 is 0 Å². The maximum Gasteiger partial charge on any atom is 0.317 e. The van der Waals surface area contributed by atoms with Gasteiger partial charge in [-0.3, -0.25) is 9.58 Å². The van der Waals surface area contributed by atoms with Crippen molar-refractivity contribution in [2.24, 2.45) is 0 Å². The van der Waals surface area contributed by atoms with E-state index in [1.807, 2.05) is 16.8 Å². The number of fused-ring (bicyclic) bond motifs is 1. The van der Waals surface area contributed by atoms with Crippen LogP contribution in [0.3, 0.4) is 0 Å². The first-order chi connectivity index (χ1) is 13.0. The first kappa shape index (κ1) is 19.2. The molecule has 1 aliphatic rings. The van der Waals surface area contributed by atoms with Crippen molar-refractivity contribution >= 4 is 6.03 Å². The number of aromatic nitrogens is 2. The van der Waals surface area contributed by atoms with Crippen molar-refractivity contribution in [1.29, 1.82) is 0 Å². The quantitative estimate of drug-likeness (QED) is 0.870. The first-order valence-electron chi connectivity index (χ1n) is 9.02. The number of nitrogens with one attached hydrogen (secondary N) is 1. The number of carbonyl (C=O) groups is 1. The second-order valence-electron chi connectivity index (χ2n) is 6.94. The molecule has 1 aromatic carbocycles. The van der Waals surface area contributed by atoms with Crippen LogP contribution in [0.4, 0.5) is 9.18 Å². The van der Waals surface area contributed by atoms with Crippen LogP contribution in [0.5, 0.6) is 5.75 Å². The number of urea groups is 1. The molecule has 0 spiro atoms. The van der Waals surface area contributed by atoms with E-state index in [2.05, 4.69) is 15.3 Å². The molecule has 2 aromatic rings. The van der Waals surface area contributed by atoms with Crippen LogP contribution in [-0.4, -0.2) is 53.4 Å². The fourth-order valence-corrected chi connectivity index (χ4v) is 3.20. The van der Waals surface area contributed by atoms with Crippen LogP contribution in [0.25, 0.3) is 0 Å². The standard InChI is InChI=1S/C19H26FN5O2/c1-23(2)19(26)21-11-15-10-16-13-24(7-4-8-25(16)22-15)12-14-5-6-18(27-3)17(20)9-14/h5-6,9-10H,4,7-8,11-13H2,1-3H3,(H,21,26). The molecular formula is C19H26FN5O2. The Morgan fingerprint density at radius 3 is 2.85 bits per heavy atom. The number of benzene rings is 1. The Balaban J connectivity index is 1.65. The third kappa shape index (κ3) is 4.77. The summed E-state index contributed by atoms with van der Waals surface area (Å²) in [6.07, 6.45) is 0.969. The van der Waals surface area contributed by atoms with Crippen molar-refractivity contribution in [2.45, 2.75) is 32.6 Å². The van der Waals surface area contributed by atoms with Crippen molar-refractivity contribution in [2.75, 3.05) is 27.7 Å². The SMILES string of the molecule is COc1ccc(CN2CCCn3nc(CNC(=O)N(C)C)cc3C2)cc1F. The lowest BCUT2D eigenvalue weighted by molar-refractivity contribution is 0.217. The van der Waals surface area contributed by atoms with E-state index in [1.54, 1.807) is 20.2 Å². The Hall–Kier alpha value is -2.61. The third-order valence-electron chi connectivity index (χ3n) is 4.59. The van der Waals surface area contributed by atoms with Gasteiger partial charge in [-0.05, 0) is 30.2 Å². The van der Waals surface area contributed by atoms with E-state index < -0.39 is 0 Å². The minimum absolute atomic E-state index is 0.138. The van der Waals surface area contributed by atoms with Crippen molar-refractivity contribution in [1.82, 2.24) is 24.9 Å². The van der Waals surface area contributed by atoms with E-state index in [0.717, 1.165) is 43.0 Å². The predicted molar refractivity (Wildman–Crippen MR) is 99.8 cm³/mol. The fourth-order valence-electron chi connectivity index (χ4n) is 3.20. The van der Waals surface area contributed by atoms with Crippen molar-refractivity contribution in [3.63, 3.8) is 0 Å². The molecule has 0 saturated heterocycles. The molecule has 146 valence electrons. The van der Waals surface area contributed by atoms with Crippen LogP contribution < -0.4 is 10.1 Å². The molecular weight excluding hydrogens is 349 g/mol. The molecule has 8 heteroatoms. The summed E-state index contributed by atoms with van der Waals surface area (Å²) in [5, 5.41) is 7.44. The highest BCUT2D eigenvalue weighted by Gasteiger charge is 2.18. The molecule has 0 radical (unpaired) electrons. The molecule has 1 aliphatic heterocycles. The van der Waals surface area contributed by atoms with E-state index in [0.29, 0.717) is 13.1 Å². The molecule has 0 atom stereocenters. The number of carbonyl (C=O) groups excluding carboxylic acids is 1. The maximum atomic E-state index is 13.9. The van der Waals surface area contributed by atoms with Gasteiger partial charge in [0, 0.05) is 40.3 Å². The number of hydrogen-bond donors (Lipinski definition) is 1. The molecule has 7 nitrogen and oxygen atoms in total. The topological polar surface area (TPSA) is 62.6 Å². The third-order valence-corrected chi connectivity index (χ3v) is 4.59. The lowest BCUT2D eigenvalue weighted by Crippen LogP contribution is -2.34. The van der Waals surface area contributed by atoms with Gasteiger partial charge in [-0.15, -0.1) is 0 Å². The number of ether oxygens (including phenoxy) is 1. The summed E-state index contributed by atoms with van der Waals surface area (Å²) in [5.41, 5.74) is 2.87. The van der Waals surface area contributed by atoms with E-state index in [9.17, 15) is 9.18 Å². The van der Waals surface area contributed by atoms with Crippen LogP contribution in [0.2, 0.25) is 0 Å². The normalized spacial score (nSPS) is 14.4. The van der Waals surface area contributed by atoms with Gasteiger partial charge < -0.3 is 15.0 Å². The Labute approximate surface area is 158 Å². The Kier molecular flexibility index (Phi) is 5.95. The van der Waals surface area contributed by atoms with Gasteiger partial charge in [-0.2, -0.15) is 5.10 Å². The Morgan fingerprint density at radius 1 is 1.33 bits per heavy atom. The number of nitrogens with zero attached hydrogens (tertiary/aromatic N) is 4. The zero-order valence-corrected chi connectivity index (χ0v) is 16.0. The summed E-state index contributed by atoms with van der Waals surface area (Å²) < 4.78 is 20.9. The maximum absolute atomic E-state index is 13.9. The van der Waals surface area contributed by atoms with Gasteiger partial charge in [0.15, 0.2) is 11.6 Å². The van der Waals surface area contributed by atoms with Crippen molar-refractivity contribution in [3.05, 3.63) is 47.0 Å². The number of rotatable bonds is 5. The molecule has 2 heterocycles. The van der Waals surface area contributed by atoms with Gasteiger partial charge in [0.1, 0.15) is 0 Å². The average molecular weight is 375 g/mol. The number of aryl methyl sites for hydroxylation is 1. The average Bonchev–Trinajstić information content (AvgIpc) is 2.91. The summed E-state index contributed by atoms with van der Waals surface area (Å²) in [4.78, 5) is 15.5. The first-order valence-corrected chi connectivity index (χ1v) is 9.02. The minimum Gasteiger partial charge on any atom is -0.494 e. The second kappa shape index (κ2) is 8.39. The molecule has 0 fully saturated rings. The van der Waals surface area contributed by atoms with Crippen LogP contribution in [-0.2, 0) is 26.2 Å². The molecule has 1 N–H and O–H groups in total. The number of halogens is 1. The summed E-state index contributed by atoms with van der Waals surface area (Å²) >= 11 is 0. The second-order valence-corrected chi connectivity index (χ2v) is 6.94. The zero-order chi connectivity index (χ0) is 19.4. The smallest absolute Gasteiger partial charge is 0.317 e. The lowest BCUT2D eigenvalue weighted by Gasteiger charge is -2.19. The molecule has 3 rings (SSSR count). The largest absolute Gasteiger partial charge is 0.494 e. The van der Waals surface area contributed by atoms with E-state index in [-0.39, 0.29) is 17.6 Å². The van der Waals surface area contributed by atoms with Gasteiger partial charge in [0.25, 0.3) is 0 Å². The molecule has 0 unspecified atom stereocenters. The number of hydrogen-bond acceptors (Lipinski definition) is 4. The highest BCUT2D eigenvalue weighted by Crippen LogP contribution is 2.21. The highest BCUT2D eigenvalue weighted by molar-refractivity contribution is 5.73. The van der Waals surface area contributed by atoms with Gasteiger partial charge in [-0.1, -0.05) is 6.07 Å². The molecule has 27 heavy (non-hydrogen) atoms. The summed E-state index contributed by atoms with van der Waals surface area (Å²) in [7, 11) is 4.88. The summed E-state index contributed by atoms with van der Waals surface area (Å²) in [5.74, 6) is -0.0779. The van der Waals surface area contributed by atoms with Gasteiger partial charge in [0.05, 0.1) is 25.0 Å². The van der Waals surface area contributed by atoms with Crippen molar-refractivity contribution < 1.29 is 13.9 Å². The predicted octanol–water partition coefficient (Wildman–Crippen LogP) is 2.21. The highest BCUT2D eigenvalue weighted by atomic mass is 19.1. The van der Waals surface area contributed by atoms with E-state index in [1.165, 1.54) is 18.1 Å². The van der Waals surface area contributed by atoms with Crippen LogP contribution in [0.1, 0.15) is 23.4 Å². The molecule has 0 saturated carbocycles. The summed E-state index contributed by atoms with van der Waals surface area (Å²) in [6.45, 7) is 3.57. The minimum atomic E-state index is -0.339. The van der Waals surface area contributed by atoms with E-state index in [4.69, 9.17) is 4.74 Å². The van der Waals surface area contributed by atoms with Crippen LogP contribution in [0.15, 0.2) is 24.3 Å². The van der Waals surface area contributed by atoms with Crippen LogP contribution in [0, 0.1) is 5.82 Å². The molecule has 1 aromatic heterocycles. The van der Waals surface area contributed by atoms with Gasteiger partial charge in [-0.25, -0.2) is 9.18 Å². The Bertz CT molecular complexity index is 805. The zero-order valence-electron chi connectivity index (χ0n) is 16.0. The van der Waals surface area contributed by atoms with E-state index >= 15 is 0 Å². The van der Waals surface area contributed by atoms with Gasteiger partial charge >= 0.3 is 6.03 Å². The monoisotopic (exact) mass is 375 g/mol. The van der Waals surface area contributed by atoms with Gasteiger partial charge in [0.2, 0.25) is 0 Å².